The number of nitrogens with zero attached hydrogens (tertiary/aromatic N) is 2. The first-order chi connectivity index (χ1) is 8.75. The van der Waals surface area contributed by atoms with Gasteiger partial charge in [0.25, 0.3) is 5.91 Å². The van der Waals surface area contributed by atoms with Crippen LogP contribution in [0.15, 0.2) is 0 Å². The minimum absolute atomic E-state index is 0.0500. The summed E-state index contributed by atoms with van der Waals surface area (Å²) in [6.45, 7) is 3.44. The number of ether oxygens (including phenoxy) is 1. The Hall–Kier alpha value is -1.14. The second-order valence-electron chi connectivity index (χ2n) is 5.14. The van der Waals surface area contributed by atoms with E-state index >= 15 is 0 Å². The van der Waals surface area contributed by atoms with Crippen LogP contribution in [0.1, 0.15) is 12.8 Å². The molecule has 2 heterocycles. The van der Waals surface area contributed by atoms with Crippen molar-refractivity contribution in [3.8, 4) is 0 Å². The van der Waals surface area contributed by atoms with E-state index in [0.717, 1.165) is 19.4 Å². The fraction of sp³-hybridized carbons (Fsp3) is 0.833. The average Bonchev–Trinajstić information content (AvgIpc) is 3.23. The Balaban J connectivity index is 1.56. The van der Waals surface area contributed by atoms with Crippen LogP contribution in [0.4, 0.5) is 0 Å². The third-order valence-electron chi connectivity index (χ3n) is 3.76. The number of carbonyl (C=O) groups excluding carboxylic acids is 2. The van der Waals surface area contributed by atoms with E-state index < -0.39 is 6.10 Å². The third kappa shape index (κ3) is 2.35. The second-order valence-corrected chi connectivity index (χ2v) is 5.14. The van der Waals surface area contributed by atoms with Gasteiger partial charge in [-0.3, -0.25) is 9.59 Å². The van der Waals surface area contributed by atoms with Crippen LogP contribution < -0.4 is 5.32 Å². The molecule has 1 saturated carbocycles. The Bertz CT molecular complexity index is 350. The summed E-state index contributed by atoms with van der Waals surface area (Å²) in [6, 6.07) is 0.447. The van der Waals surface area contributed by atoms with E-state index in [1.54, 1.807) is 4.90 Å². The van der Waals surface area contributed by atoms with Crippen LogP contribution in [0.5, 0.6) is 0 Å². The van der Waals surface area contributed by atoms with Gasteiger partial charge in [0.15, 0.2) is 0 Å². The van der Waals surface area contributed by atoms with Gasteiger partial charge in [0.2, 0.25) is 5.91 Å². The minimum Gasteiger partial charge on any atom is -0.366 e. The molecule has 0 unspecified atom stereocenters. The van der Waals surface area contributed by atoms with E-state index in [1.165, 1.54) is 0 Å². The maximum atomic E-state index is 12.2. The van der Waals surface area contributed by atoms with Crippen molar-refractivity contribution in [3.05, 3.63) is 0 Å². The highest BCUT2D eigenvalue weighted by Gasteiger charge is 2.38. The van der Waals surface area contributed by atoms with E-state index in [1.807, 2.05) is 4.90 Å². The van der Waals surface area contributed by atoms with Gasteiger partial charge < -0.3 is 19.9 Å². The molecule has 18 heavy (non-hydrogen) atoms. The normalized spacial score (nSPS) is 29.6. The maximum absolute atomic E-state index is 12.2. The van der Waals surface area contributed by atoms with Crippen molar-refractivity contribution < 1.29 is 14.3 Å². The summed E-state index contributed by atoms with van der Waals surface area (Å²) in [5.41, 5.74) is 0. The molecule has 2 aliphatic heterocycles. The molecule has 3 fully saturated rings. The molecule has 1 N–H and O–H groups in total. The topological polar surface area (TPSA) is 61.9 Å². The van der Waals surface area contributed by atoms with Gasteiger partial charge in [-0.25, -0.2) is 0 Å². The third-order valence-corrected chi connectivity index (χ3v) is 3.76. The summed E-state index contributed by atoms with van der Waals surface area (Å²) in [4.78, 5) is 27.7. The standard InChI is InChI=1S/C12H19N3O3/c16-11-8-14(4-5-15(11)9-1-2-9)12(17)10-7-13-3-6-18-10/h9-10,13H,1-8H2/t10-/m0/s1. The van der Waals surface area contributed by atoms with Crippen LogP contribution >= 0.6 is 0 Å². The zero-order valence-corrected chi connectivity index (χ0v) is 10.4. The van der Waals surface area contributed by atoms with Gasteiger partial charge in [0.1, 0.15) is 6.10 Å². The molecule has 3 rings (SSSR count). The van der Waals surface area contributed by atoms with Crippen LogP contribution in [0, 0.1) is 0 Å². The van der Waals surface area contributed by atoms with E-state index in [9.17, 15) is 9.59 Å². The number of hydrogen-bond acceptors (Lipinski definition) is 4. The van der Waals surface area contributed by atoms with Crippen LogP contribution in [-0.4, -0.2) is 73.1 Å². The Kier molecular flexibility index (Phi) is 3.22. The average molecular weight is 253 g/mol. The largest absolute Gasteiger partial charge is 0.366 e. The molecule has 0 bridgehead atoms. The van der Waals surface area contributed by atoms with Crippen molar-refractivity contribution in [2.45, 2.75) is 25.0 Å². The molecule has 0 aromatic carbocycles. The van der Waals surface area contributed by atoms with Crippen LogP contribution in [0.3, 0.4) is 0 Å². The van der Waals surface area contributed by atoms with Gasteiger partial charge in [0, 0.05) is 32.2 Å². The minimum atomic E-state index is -0.418. The summed E-state index contributed by atoms with van der Waals surface area (Å²) in [6.07, 6.45) is 1.82. The zero-order chi connectivity index (χ0) is 12.5. The molecule has 3 aliphatic rings. The molecule has 100 valence electrons. The van der Waals surface area contributed by atoms with E-state index in [2.05, 4.69) is 5.32 Å². The lowest BCUT2D eigenvalue weighted by molar-refractivity contribution is -0.153. The zero-order valence-electron chi connectivity index (χ0n) is 10.4. The lowest BCUT2D eigenvalue weighted by Crippen LogP contribution is -2.57. The molecule has 1 atom stereocenters. The van der Waals surface area contributed by atoms with Crippen LogP contribution in [-0.2, 0) is 14.3 Å². The number of amides is 2. The smallest absolute Gasteiger partial charge is 0.253 e. The van der Waals surface area contributed by atoms with Crippen molar-refractivity contribution in [3.63, 3.8) is 0 Å². The van der Waals surface area contributed by atoms with Crippen molar-refractivity contribution in [1.29, 1.82) is 0 Å². The Morgan fingerprint density at radius 2 is 2.17 bits per heavy atom. The summed E-state index contributed by atoms with van der Waals surface area (Å²) >= 11 is 0. The molecule has 0 spiro atoms. The number of morpholine rings is 1. The Labute approximate surface area is 106 Å². The molecule has 0 aromatic heterocycles. The van der Waals surface area contributed by atoms with Gasteiger partial charge in [-0.05, 0) is 12.8 Å². The van der Waals surface area contributed by atoms with E-state index in [-0.39, 0.29) is 18.4 Å². The van der Waals surface area contributed by atoms with Gasteiger partial charge in [0.05, 0.1) is 13.2 Å². The van der Waals surface area contributed by atoms with Gasteiger partial charge >= 0.3 is 0 Å². The predicted octanol–water partition coefficient (Wildman–Crippen LogP) is -1.19. The summed E-state index contributed by atoms with van der Waals surface area (Å²) in [5.74, 6) is 0.0341. The lowest BCUT2D eigenvalue weighted by atomic mass is 10.2. The molecule has 6 nitrogen and oxygen atoms in total. The summed E-state index contributed by atoms with van der Waals surface area (Å²) in [5, 5.41) is 3.14. The first kappa shape index (κ1) is 11.9. The van der Waals surface area contributed by atoms with Crippen LogP contribution in [0.2, 0.25) is 0 Å². The SMILES string of the molecule is O=C([C@@H]1CNCCO1)N1CCN(C2CC2)C(=O)C1. The van der Waals surface area contributed by atoms with Crippen LogP contribution in [0.25, 0.3) is 0 Å². The van der Waals surface area contributed by atoms with Gasteiger partial charge in [-0.2, -0.15) is 0 Å². The number of rotatable bonds is 2. The van der Waals surface area contributed by atoms with Crippen molar-refractivity contribution in [2.24, 2.45) is 0 Å². The van der Waals surface area contributed by atoms with E-state index in [0.29, 0.717) is 32.3 Å². The lowest BCUT2D eigenvalue weighted by Gasteiger charge is -2.36. The molecular weight excluding hydrogens is 234 g/mol. The number of carbonyl (C=O) groups is 2. The van der Waals surface area contributed by atoms with Crippen molar-refractivity contribution >= 4 is 11.8 Å². The fourth-order valence-electron chi connectivity index (χ4n) is 2.57. The fourth-order valence-corrected chi connectivity index (χ4v) is 2.57. The van der Waals surface area contributed by atoms with Crippen molar-refractivity contribution in [2.75, 3.05) is 39.3 Å². The monoisotopic (exact) mass is 253 g/mol. The quantitative estimate of drug-likeness (QED) is 0.672. The first-order valence-corrected chi connectivity index (χ1v) is 6.66. The summed E-state index contributed by atoms with van der Waals surface area (Å²) < 4.78 is 5.44. The predicted molar refractivity (Wildman–Crippen MR) is 63.9 cm³/mol. The molecule has 2 saturated heterocycles. The van der Waals surface area contributed by atoms with Gasteiger partial charge in [-0.15, -0.1) is 0 Å². The number of nitrogens with one attached hydrogen (secondary N) is 1. The molecule has 1 aliphatic carbocycles. The van der Waals surface area contributed by atoms with Gasteiger partial charge in [-0.1, -0.05) is 0 Å². The maximum Gasteiger partial charge on any atom is 0.253 e. The highest BCUT2D eigenvalue weighted by Crippen LogP contribution is 2.28. The highest BCUT2D eigenvalue weighted by molar-refractivity contribution is 5.88. The molecule has 2 amide bonds. The van der Waals surface area contributed by atoms with E-state index in [4.69, 9.17) is 4.74 Å². The highest BCUT2D eigenvalue weighted by atomic mass is 16.5. The first-order valence-electron chi connectivity index (χ1n) is 6.66. The Morgan fingerprint density at radius 1 is 1.33 bits per heavy atom. The second kappa shape index (κ2) is 4.85. The molecule has 6 heteroatoms. The van der Waals surface area contributed by atoms with Crippen molar-refractivity contribution in [1.82, 2.24) is 15.1 Å². The number of hydrogen-bond donors (Lipinski definition) is 1. The number of piperazine rings is 1. The molecular formula is C12H19N3O3. The molecule has 0 radical (unpaired) electrons. The summed E-state index contributed by atoms with van der Waals surface area (Å²) in [7, 11) is 0. The Morgan fingerprint density at radius 3 is 2.78 bits per heavy atom. The molecule has 0 aromatic rings.